The first-order valence-corrected chi connectivity index (χ1v) is 12.0. The van der Waals surface area contributed by atoms with Crippen LogP contribution >= 0.6 is 11.8 Å². The van der Waals surface area contributed by atoms with E-state index in [0.29, 0.717) is 17.5 Å². The van der Waals surface area contributed by atoms with E-state index in [2.05, 4.69) is 74.9 Å². The number of thioether (sulfide) groups is 1. The highest BCUT2D eigenvalue weighted by Crippen LogP contribution is 2.28. The molecular formula is C24H28N6O2S. The van der Waals surface area contributed by atoms with Crippen LogP contribution in [-0.2, 0) is 12.3 Å². The SMILES string of the molecule is CCN(CC)c1ccc(-c2nnc(SCc3nnc(-c4ccc(OC)cc4)o3)n2CC)cc1. The Kier molecular flexibility index (Phi) is 7.29. The van der Waals surface area contributed by atoms with Gasteiger partial charge >= 0.3 is 0 Å². The third-order valence-electron chi connectivity index (χ3n) is 5.42. The van der Waals surface area contributed by atoms with E-state index in [4.69, 9.17) is 9.15 Å². The lowest BCUT2D eigenvalue weighted by Crippen LogP contribution is -2.21. The average molecular weight is 465 g/mol. The standard InChI is InChI=1S/C24H28N6O2S/c1-5-29(6-2)19-12-8-17(9-13-19)22-26-28-24(30(22)7-3)33-16-21-25-27-23(32-21)18-10-14-20(31-4)15-11-18/h8-15H,5-7,16H2,1-4H3. The van der Waals surface area contributed by atoms with Crippen molar-refractivity contribution in [1.82, 2.24) is 25.0 Å². The Balaban J connectivity index is 1.46. The van der Waals surface area contributed by atoms with Crippen molar-refractivity contribution in [3.63, 3.8) is 0 Å². The quantitative estimate of drug-likeness (QED) is 0.298. The molecule has 8 nitrogen and oxygen atoms in total. The molecule has 0 saturated carbocycles. The lowest BCUT2D eigenvalue weighted by Gasteiger charge is -2.21. The van der Waals surface area contributed by atoms with Gasteiger partial charge in [-0.05, 0) is 69.3 Å². The molecule has 0 aliphatic heterocycles. The van der Waals surface area contributed by atoms with Crippen LogP contribution in [0.25, 0.3) is 22.8 Å². The zero-order valence-corrected chi connectivity index (χ0v) is 20.2. The molecule has 2 heterocycles. The molecule has 0 N–H and O–H groups in total. The number of benzene rings is 2. The number of nitrogens with zero attached hydrogens (tertiary/aromatic N) is 6. The number of hydrogen-bond donors (Lipinski definition) is 0. The highest BCUT2D eigenvalue weighted by Gasteiger charge is 2.16. The van der Waals surface area contributed by atoms with Gasteiger partial charge in [-0.3, -0.25) is 0 Å². The minimum atomic E-state index is 0.485. The molecule has 2 aromatic heterocycles. The van der Waals surface area contributed by atoms with Gasteiger partial charge in [-0.15, -0.1) is 20.4 Å². The highest BCUT2D eigenvalue weighted by atomic mass is 32.2. The van der Waals surface area contributed by atoms with Crippen molar-refractivity contribution in [2.24, 2.45) is 0 Å². The van der Waals surface area contributed by atoms with E-state index in [1.54, 1.807) is 7.11 Å². The van der Waals surface area contributed by atoms with Crippen LogP contribution < -0.4 is 9.64 Å². The third-order valence-corrected chi connectivity index (χ3v) is 6.37. The van der Waals surface area contributed by atoms with Gasteiger partial charge in [0.05, 0.1) is 12.9 Å². The fourth-order valence-corrected chi connectivity index (χ4v) is 4.43. The van der Waals surface area contributed by atoms with Crippen LogP contribution in [0.15, 0.2) is 58.1 Å². The Morgan fingerprint density at radius 3 is 2.21 bits per heavy atom. The Morgan fingerprint density at radius 1 is 0.879 bits per heavy atom. The van der Waals surface area contributed by atoms with E-state index < -0.39 is 0 Å². The first-order chi connectivity index (χ1) is 16.2. The summed E-state index contributed by atoms with van der Waals surface area (Å²) >= 11 is 1.53. The molecule has 172 valence electrons. The van der Waals surface area contributed by atoms with Crippen molar-refractivity contribution in [3.05, 3.63) is 54.4 Å². The Labute approximate surface area is 198 Å². The van der Waals surface area contributed by atoms with E-state index in [0.717, 1.165) is 47.5 Å². The van der Waals surface area contributed by atoms with E-state index in [9.17, 15) is 0 Å². The average Bonchev–Trinajstić information content (AvgIpc) is 3.51. The summed E-state index contributed by atoms with van der Waals surface area (Å²) < 4.78 is 13.1. The molecule has 0 bridgehead atoms. The summed E-state index contributed by atoms with van der Waals surface area (Å²) in [5.74, 6) is 3.19. The summed E-state index contributed by atoms with van der Waals surface area (Å²) in [5.41, 5.74) is 3.11. The highest BCUT2D eigenvalue weighted by molar-refractivity contribution is 7.98. The molecule has 33 heavy (non-hydrogen) atoms. The molecule has 0 spiro atoms. The number of hydrogen-bond acceptors (Lipinski definition) is 8. The van der Waals surface area contributed by atoms with Crippen molar-refractivity contribution in [3.8, 4) is 28.6 Å². The monoisotopic (exact) mass is 464 g/mol. The normalized spacial score (nSPS) is 11.0. The fraction of sp³-hybridized carbons (Fsp3) is 0.333. The van der Waals surface area contributed by atoms with Gasteiger partial charge in [0, 0.05) is 36.4 Å². The summed E-state index contributed by atoms with van der Waals surface area (Å²) in [6.07, 6.45) is 0. The van der Waals surface area contributed by atoms with Crippen molar-refractivity contribution < 1.29 is 9.15 Å². The van der Waals surface area contributed by atoms with E-state index in [1.165, 1.54) is 17.4 Å². The smallest absolute Gasteiger partial charge is 0.247 e. The number of ether oxygens (including phenoxy) is 1. The van der Waals surface area contributed by atoms with Crippen LogP contribution in [0.2, 0.25) is 0 Å². The van der Waals surface area contributed by atoms with E-state index in [-0.39, 0.29) is 0 Å². The van der Waals surface area contributed by atoms with E-state index >= 15 is 0 Å². The zero-order valence-electron chi connectivity index (χ0n) is 19.4. The van der Waals surface area contributed by atoms with Gasteiger partial charge in [-0.1, -0.05) is 11.8 Å². The lowest BCUT2D eigenvalue weighted by atomic mass is 10.2. The molecular weight excluding hydrogens is 436 g/mol. The van der Waals surface area contributed by atoms with Crippen LogP contribution in [-0.4, -0.2) is 45.2 Å². The lowest BCUT2D eigenvalue weighted by molar-refractivity contribution is 0.415. The molecule has 9 heteroatoms. The second-order valence-corrected chi connectivity index (χ2v) is 8.23. The molecule has 0 unspecified atom stereocenters. The molecule has 2 aromatic carbocycles. The number of aromatic nitrogens is 5. The van der Waals surface area contributed by atoms with Gasteiger partial charge in [0.1, 0.15) is 5.75 Å². The third kappa shape index (κ3) is 5.03. The van der Waals surface area contributed by atoms with Crippen molar-refractivity contribution in [2.45, 2.75) is 38.2 Å². The van der Waals surface area contributed by atoms with E-state index in [1.807, 2.05) is 24.3 Å². The maximum absolute atomic E-state index is 5.84. The van der Waals surface area contributed by atoms with Crippen LogP contribution in [0.1, 0.15) is 26.7 Å². The largest absolute Gasteiger partial charge is 0.497 e. The fourth-order valence-electron chi connectivity index (χ4n) is 3.59. The molecule has 0 fully saturated rings. The molecule has 4 aromatic rings. The van der Waals surface area contributed by atoms with Crippen LogP contribution in [0.5, 0.6) is 5.75 Å². The molecule has 0 aliphatic carbocycles. The zero-order chi connectivity index (χ0) is 23.2. The van der Waals surface area contributed by atoms with Crippen molar-refractivity contribution in [2.75, 3.05) is 25.1 Å². The van der Waals surface area contributed by atoms with Gasteiger partial charge in [-0.25, -0.2) is 0 Å². The minimum absolute atomic E-state index is 0.485. The summed E-state index contributed by atoms with van der Waals surface area (Å²) in [6.45, 7) is 9.16. The predicted octanol–water partition coefficient (Wildman–Crippen LogP) is 5.16. The maximum atomic E-state index is 5.84. The molecule has 4 rings (SSSR count). The first-order valence-electron chi connectivity index (χ1n) is 11.0. The second-order valence-electron chi connectivity index (χ2n) is 7.29. The van der Waals surface area contributed by atoms with Gasteiger partial charge in [0.15, 0.2) is 11.0 Å². The molecule has 0 aliphatic rings. The summed E-state index contributed by atoms with van der Waals surface area (Å²) in [6, 6.07) is 16.0. The first kappa shape index (κ1) is 22.8. The molecule has 0 saturated heterocycles. The second kappa shape index (κ2) is 10.5. The van der Waals surface area contributed by atoms with Crippen LogP contribution in [0, 0.1) is 0 Å². The summed E-state index contributed by atoms with van der Waals surface area (Å²) in [5, 5.41) is 18.0. The number of methoxy groups -OCH3 is 1. The molecule has 0 radical (unpaired) electrons. The van der Waals surface area contributed by atoms with Gasteiger partial charge in [0.2, 0.25) is 11.8 Å². The Hall–Kier alpha value is -3.33. The van der Waals surface area contributed by atoms with Gasteiger partial charge < -0.3 is 18.6 Å². The van der Waals surface area contributed by atoms with Crippen molar-refractivity contribution >= 4 is 17.4 Å². The topological polar surface area (TPSA) is 82.1 Å². The number of rotatable bonds is 10. The molecule has 0 atom stereocenters. The van der Waals surface area contributed by atoms with Crippen molar-refractivity contribution in [1.29, 1.82) is 0 Å². The predicted molar refractivity (Wildman–Crippen MR) is 131 cm³/mol. The Morgan fingerprint density at radius 2 is 1.58 bits per heavy atom. The van der Waals surface area contributed by atoms with Crippen LogP contribution in [0.3, 0.4) is 0 Å². The number of anilines is 1. The minimum Gasteiger partial charge on any atom is -0.497 e. The summed E-state index contributed by atoms with van der Waals surface area (Å²) in [7, 11) is 1.64. The maximum Gasteiger partial charge on any atom is 0.247 e. The summed E-state index contributed by atoms with van der Waals surface area (Å²) in [4.78, 5) is 2.32. The van der Waals surface area contributed by atoms with Crippen LogP contribution in [0.4, 0.5) is 5.69 Å². The van der Waals surface area contributed by atoms with Gasteiger partial charge in [-0.2, -0.15) is 0 Å². The van der Waals surface area contributed by atoms with Gasteiger partial charge in [0.25, 0.3) is 0 Å². The molecule has 0 amide bonds. The Bertz CT molecular complexity index is 1170.